The molecule has 0 aromatic heterocycles. The van der Waals surface area contributed by atoms with Gasteiger partial charge in [-0.05, 0) is 0 Å². The molecule has 0 radical (unpaired) electrons. The van der Waals surface area contributed by atoms with Crippen LogP contribution < -0.4 is 0 Å². The first-order valence-corrected chi connectivity index (χ1v) is 2.69. The van der Waals surface area contributed by atoms with Crippen molar-refractivity contribution in [3.63, 3.8) is 0 Å². The van der Waals surface area contributed by atoms with E-state index in [0.29, 0.717) is 5.37 Å². The van der Waals surface area contributed by atoms with Crippen LogP contribution in [0.5, 0.6) is 0 Å². The van der Waals surface area contributed by atoms with Gasteiger partial charge in [0.2, 0.25) is 0 Å². The third-order valence-corrected chi connectivity index (χ3v) is 0.621. The molecule has 0 unspecified atom stereocenters. The predicted octanol–water partition coefficient (Wildman–Crippen LogP) is 1.90. The molecule has 0 aromatic rings. The zero-order valence-corrected chi connectivity index (χ0v) is 6.47. The molecule has 1 nitrogen and oxygen atoms in total. The van der Waals surface area contributed by atoms with E-state index >= 15 is 0 Å². The molecule has 0 aromatic carbocycles. The van der Waals surface area contributed by atoms with Crippen molar-refractivity contribution in [3.8, 4) is 0 Å². The molecule has 0 amide bonds. The fraction of sp³-hybridized carbons (Fsp3) is 0.800. The number of methoxy groups -OCH3 is 1. The van der Waals surface area contributed by atoms with Gasteiger partial charge in [-0.15, -0.1) is 0 Å². The summed E-state index contributed by atoms with van der Waals surface area (Å²) in [6, 6.07) is 0. The first-order valence-electron chi connectivity index (χ1n) is 2.22. The molecule has 0 bridgehead atoms. The Hall–Kier alpha value is -0.0900. The number of halogens is 2. The second kappa shape index (κ2) is 6.04. The molecular formula is C5H10F2OS. The Morgan fingerprint density at radius 3 is 1.56 bits per heavy atom. The van der Waals surface area contributed by atoms with E-state index in [2.05, 4.69) is 17.0 Å². The monoisotopic (exact) mass is 156 g/mol. The largest absolute Gasteiger partial charge is 0.388 e. The first kappa shape index (κ1) is 11.7. The highest BCUT2D eigenvalue weighted by atomic mass is 32.1. The highest BCUT2D eigenvalue weighted by molar-refractivity contribution is 7.79. The summed E-state index contributed by atoms with van der Waals surface area (Å²) in [5.74, 6) is -2.77. The van der Waals surface area contributed by atoms with E-state index < -0.39 is 5.92 Å². The van der Waals surface area contributed by atoms with Crippen LogP contribution in [0.1, 0.15) is 6.92 Å². The molecule has 0 fully saturated rings. The topological polar surface area (TPSA) is 9.23 Å². The summed E-state index contributed by atoms with van der Waals surface area (Å²) in [6.07, 6.45) is 0. The van der Waals surface area contributed by atoms with Crippen LogP contribution in [-0.2, 0) is 4.74 Å². The van der Waals surface area contributed by atoms with Gasteiger partial charge in [-0.25, -0.2) is 8.78 Å². The summed E-state index contributed by atoms with van der Waals surface area (Å²) >= 11 is 3.91. The number of alkyl halides is 2. The summed E-state index contributed by atoms with van der Waals surface area (Å²) in [7, 11) is 3.25. The minimum absolute atomic E-state index is 0.438. The van der Waals surface area contributed by atoms with Gasteiger partial charge in [-0.1, -0.05) is 12.2 Å². The Kier molecular flexibility index (Phi) is 7.83. The minimum atomic E-state index is -2.77. The van der Waals surface area contributed by atoms with E-state index in [4.69, 9.17) is 0 Å². The Labute approximate surface area is 59.0 Å². The summed E-state index contributed by atoms with van der Waals surface area (Å²) in [6.45, 7) is 0.750. The smallest absolute Gasteiger partial charge is 0.273 e. The molecule has 0 aliphatic heterocycles. The first-order chi connectivity index (χ1) is 3.97. The molecule has 4 heteroatoms. The molecule has 0 spiro atoms. The number of rotatable bonds is 1. The van der Waals surface area contributed by atoms with Crippen LogP contribution in [-0.4, -0.2) is 25.5 Å². The van der Waals surface area contributed by atoms with E-state index in [1.807, 2.05) is 0 Å². The lowest BCUT2D eigenvalue weighted by Crippen LogP contribution is -2.07. The molecule has 0 aliphatic rings. The lowest BCUT2D eigenvalue weighted by Gasteiger charge is -1.95. The molecule has 0 heterocycles. The van der Waals surface area contributed by atoms with Gasteiger partial charge in [0.05, 0.1) is 0 Å². The molecule has 9 heavy (non-hydrogen) atoms. The third-order valence-electron chi connectivity index (χ3n) is 0.207. The molecule has 0 rings (SSSR count). The van der Waals surface area contributed by atoms with Crippen molar-refractivity contribution in [3.05, 3.63) is 0 Å². The van der Waals surface area contributed by atoms with Gasteiger partial charge in [0.15, 0.2) is 0 Å². The number of hydrogen-bond donors (Lipinski definition) is 0. The van der Waals surface area contributed by atoms with E-state index in [9.17, 15) is 8.78 Å². The Morgan fingerprint density at radius 1 is 1.44 bits per heavy atom. The lowest BCUT2D eigenvalue weighted by molar-refractivity contribution is 0.109. The Bertz CT molecular complexity index is 69.8. The van der Waals surface area contributed by atoms with E-state index in [1.54, 1.807) is 14.2 Å². The van der Waals surface area contributed by atoms with Gasteiger partial charge >= 0.3 is 0 Å². The second-order valence-corrected chi connectivity index (χ2v) is 1.72. The fourth-order valence-electron chi connectivity index (χ4n) is 0. The Morgan fingerprint density at radius 2 is 1.56 bits per heavy atom. The van der Waals surface area contributed by atoms with E-state index in [0.717, 1.165) is 6.92 Å². The van der Waals surface area contributed by atoms with Crippen LogP contribution in [0.3, 0.4) is 0 Å². The number of ether oxygens (including phenoxy) is 1. The van der Waals surface area contributed by atoms with Crippen LogP contribution in [0, 0.1) is 0 Å². The standard InChI is InChI=1S/C3H4F2S.C2H6O/c1-3(4,5)2-6;1-3-2/h2H,1H3;1-2H3. The molecule has 0 N–H and O–H groups in total. The van der Waals surface area contributed by atoms with Crippen molar-refractivity contribution in [2.75, 3.05) is 14.2 Å². The van der Waals surface area contributed by atoms with Crippen molar-refractivity contribution < 1.29 is 13.5 Å². The maximum atomic E-state index is 11.3. The predicted molar refractivity (Wildman–Crippen MR) is 37.2 cm³/mol. The van der Waals surface area contributed by atoms with Crippen molar-refractivity contribution in [2.24, 2.45) is 0 Å². The van der Waals surface area contributed by atoms with Crippen LogP contribution in [0.25, 0.3) is 0 Å². The third kappa shape index (κ3) is 32.6. The molecule has 56 valence electrons. The quantitative estimate of drug-likeness (QED) is 0.536. The highest BCUT2D eigenvalue weighted by Gasteiger charge is 2.14. The average Bonchev–Trinajstić information content (AvgIpc) is 1.67. The lowest BCUT2D eigenvalue weighted by atomic mass is 10.5. The molecule has 0 aliphatic carbocycles. The Balaban J connectivity index is 0. The zero-order valence-electron chi connectivity index (χ0n) is 5.65. The van der Waals surface area contributed by atoms with Crippen LogP contribution in [0.4, 0.5) is 8.78 Å². The average molecular weight is 156 g/mol. The van der Waals surface area contributed by atoms with Crippen molar-refractivity contribution in [1.82, 2.24) is 0 Å². The van der Waals surface area contributed by atoms with Gasteiger partial charge in [-0.3, -0.25) is 0 Å². The number of thiocarbonyl (C=S) groups is 1. The normalized spacial score (nSPS) is 9.44. The van der Waals surface area contributed by atoms with Crippen LogP contribution in [0.2, 0.25) is 0 Å². The summed E-state index contributed by atoms with van der Waals surface area (Å²) in [5.41, 5.74) is 0. The van der Waals surface area contributed by atoms with Crippen molar-refractivity contribution in [2.45, 2.75) is 12.8 Å². The maximum Gasteiger partial charge on any atom is 0.273 e. The second-order valence-electron chi connectivity index (χ2n) is 1.48. The van der Waals surface area contributed by atoms with Gasteiger partial charge in [-0.2, -0.15) is 0 Å². The molecule has 0 atom stereocenters. The fourth-order valence-corrected chi connectivity index (χ4v) is 0. The van der Waals surface area contributed by atoms with Gasteiger partial charge < -0.3 is 4.74 Å². The van der Waals surface area contributed by atoms with Crippen LogP contribution in [0.15, 0.2) is 0 Å². The molecular weight excluding hydrogens is 146 g/mol. The van der Waals surface area contributed by atoms with Gasteiger partial charge in [0.25, 0.3) is 5.92 Å². The van der Waals surface area contributed by atoms with Crippen LogP contribution >= 0.6 is 12.2 Å². The minimum Gasteiger partial charge on any atom is -0.388 e. The van der Waals surface area contributed by atoms with E-state index in [1.165, 1.54) is 0 Å². The molecule has 0 saturated heterocycles. The summed E-state index contributed by atoms with van der Waals surface area (Å²) < 4.78 is 26.8. The zero-order chi connectivity index (χ0) is 7.91. The highest BCUT2D eigenvalue weighted by Crippen LogP contribution is 2.05. The SMILES string of the molecule is CC(F)(F)C=S.COC. The molecule has 0 saturated carbocycles. The van der Waals surface area contributed by atoms with Crippen molar-refractivity contribution in [1.29, 1.82) is 0 Å². The van der Waals surface area contributed by atoms with Crippen molar-refractivity contribution >= 4 is 17.6 Å². The summed E-state index contributed by atoms with van der Waals surface area (Å²) in [4.78, 5) is 0. The van der Waals surface area contributed by atoms with Gasteiger partial charge in [0.1, 0.15) is 0 Å². The van der Waals surface area contributed by atoms with Gasteiger partial charge in [0, 0.05) is 26.5 Å². The maximum absolute atomic E-state index is 11.3. The number of hydrogen-bond acceptors (Lipinski definition) is 2. The van der Waals surface area contributed by atoms with E-state index in [-0.39, 0.29) is 0 Å². The summed E-state index contributed by atoms with van der Waals surface area (Å²) in [5, 5.41) is 0.438.